The quantitative estimate of drug-likeness (QED) is 0.0481. The highest BCUT2D eigenvalue weighted by atomic mass is 28.4. The lowest BCUT2D eigenvalue weighted by atomic mass is 9.76. The maximum Gasteiger partial charge on any atom is 0.213 e. The Hall–Kier alpha value is -3.29. The number of benzene rings is 3. The molecule has 1 fully saturated rings. The van der Waals surface area contributed by atoms with Gasteiger partial charge < -0.3 is 13.6 Å². The van der Waals surface area contributed by atoms with Crippen molar-refractivity contribution in [3.63, 3.8) is 0 Å². The van der Waals surface area contributed by atoms with Crippen molar-refractivity contribution < 1.29 is 13.6 Å². The first kappa shape index (κ1) is 31.1. The van der Waals surface area contributed by atoms with Gasteiger partial charge in [0.25, 0.3) is 0 Å². The number of ether oxygens (including phenoxy) is 1. The van der Waals surface area contributed by atoms with E-state index < -0.39 is 13.9 Å². The number of nitrogens with zero attached hydrogens (tertiary/aromatic N) is 2. The normalized spacial score (nSPS) is 18.9. The fraction of sp³-hybridized carbons (Fsp3) is 0.378. The molecular weight excluding hydrogens is 549 g/mol. The van der Waals surface area contributed by atoms with E-state index in [1.807, 2.05) is 6.20 Å². The standard InChI is InChI=1S/C37H46N2O3Si/c1-7-25-40-28-33-34(35-38-27-32(42-35)24-17-26-41-43(5,6)36(2,3)4)39(33)37(29-18-11-8-12-19-29,30-20-13-9-14-21-30)31-22-15-10-16-23-31/h7-16,18-23,27,33-34H,1,17,24-26,28H2,2-6H3/t33-,34-,39?/m0/s1. The summed E-state index contributed by atoms with van der Waals surface area (Å²) in [5.74, 6) is 1.64. The van der Waals surface area contributed by atoms with Gasteiger partial charge in [-0.3, -0.25) is 4.90 Å². The first-order valence-electron chi connectivity index (χ1n) is 15.4. The van der Waals surface area contributed by atoms with Gasteiger partial charge in [0, 0.05) is 13.0 Å². The number of aromatic nitrogens is 1. The zero-order chi connectivity index (χ0) is 30.5. The maximum absolute atomic E-state index is 6.50. The van der Waals surface area contributed by atoms with E-state index in [-0.39, 0.29) is 17.1 Å². The van der Waals surface area contributed by atoms with Crippen LogP contribution in [0.5, 0.6) is 0 Å². The zero-order valence-corrected chi connectivity index (χ0v) is 27.3. The monoisotopic (exact) mass is 594 g/mol. The molecule has 1 saturated heterocycles. The Bertz CT molecular complexity index is 1350. The number of hydrogen-bond donors (Lipinski definition) is 0. The lowest BCUT2D eigenvalue weighted by Crippen LogP contribution is -2.41. The van der Waals surface area contributed by atoms with Gasteiger partial charge >= 0.3 is 0 Å². The maximum atomic E-state index is 6.50. The molecule has 2 heterocycles. The Morgan fingerprint density at radius 1 is 0.884 bits per heavy atom. The van der Waals surface area contributed by atoms with Crippen molar-refractivity contribution in [3.8, 4) is 0 Å². The first-order valence-corrected chi connectivity index (χ1v) is 18.3. The molecule has 6 heteroatoms. The number of aryl methyl sites for hydroxylation is 1. The smallest absolute Gasteiger partial charge is 0.213 e. The van der Waals surface area contributed by atoms with Crippen LogP contribution in [0.3, 0.4) is 0 Å². The Balaban J connectivity index is 1.49. The molecule has 3 atom stereocenters. The van der Waals surface area contributed by atoms with E-state index in [0.717, 1.165) is 31.1 Å². The van der Waals surface area contributed by atoms with E-state index in [0.29, 0.717) is 13.2 Å². The average molecular weight is 595 g/mol. The summed E-state index contributed by atoms with van der Waals surface area (Å²) in [5, 5.41) is 0.202. The summed E-state index contributed by atoms with van der Waals surface area (Å²) in [7, 11) is -1.77. The summed E-state index contributed by atoms with van der Waals surface area (Å²) in [6.45, 7) is 17.1. The summed E-state index contributed by atoms with van der Waals surface area (Å²) in [5.41, 5.74) is 3.01. The molecule has 0 bridgehead atoms. The van der Waals surface area contributed by atoms with Gasteiger partial charge in [0.2, 0.25) is 5.89 Å². The van der Waals surface area contributed by atoms with Crippen molar-refractivity contribution >= 4 is 8.32 Å². The Morgan fingerprint density at radius 3 is 1.91 bits per heavy atom. The van der Waals surface area contributed by atoms with Crippen LogP contribution in [0, 0.1) is 0 Å². The van der Waals surface area contributed by atoms with E-state index in [1.54, 1.807) is 6.08 Å². The topological polar surface area (TPSA) is 47.5 Å². The molecule has 0 radical (unpaired) electrons. The van der Waals surface area contributed by atoms with Crippen molar-refractivity contribution in [3.05, 3.63) is 138 Å². The number of rotatable bonds is 14. The fourth-order valence-corrected chi connectivity index (χ4v) is 6.90. The Labute approximate surface area is 258 Å². The molecule has 5 rings (SSSR count). The van der Waals surface area contributed by atoms with Gasteiger partial charge in [-0.1, -0.05) is 118 Å². The minimum atomic E-state index is -1.77. The third kappa shape index (κ3) is 6.48. The number of oxazole rings is 1. The van der Waals surface area contributed by atoms with E-state index in [9.17, 15) is 0 Å². The fourth-order valence-electron chi connectivity index (χ4n) is 5.81. The highest BCUT2D eigenvalue weighted by molar-refractivity contribution is 6.74. The summed E-state index contributed by atoms with van der Waals surface area (Å²) in [6, 6.07) is 32.3. The Kier molecular flexibility index (Phi) is 9.52. The average Bonchev–Trinajstić information content (AvgIpc) is 3.51. The summed E-state index contributed by atoms with van der Waals surface area (Å²) in [4.78, 5) is 7.37. The lowest BCUT2D eigenvalue weighted by molar-refractivity contribution is 0.144. The van der Waals surface area contributed by atoms with Crippen molar-refractivity contribution in [2.45, 2.75) is 69.4 Å². The second-order valence-electron chi connectivity index (χ2n) is 12.9. The van der Waals surface area contributed by atoms with Gasteiger partial charge in [0.15, 0.2) is 8.32 Å². The molecule has 0 saturated carbocycles. The van der Waals surface area contributed by atoms with Gasteiger partial charge in [-0.25, -0.2) is 4.98 Å². The zero-order valence-electron chi connectivity index (χ0n) is 26.3. The van der Waals surface area contributed by atoms with Crippen molar-refractivity contribution in [2.24, 2.45) is 0 Å². The van der Waals surface area contributed by atoms with Gasteiger partial charge in [0.05, 0.1) is 31.0 Å². The molecule has 3 aromatic carbocycles. The predicted molar refractivity (Wildman–Crippen MR) is 177 cm³/mol. The van der Waals surface area contributed by atoms with Crippen LogP contribution < -0.4 is 0 Å². The highest BCUT2D eigenvalue weighted by Crippen LogP contribution is 2.57. The Morgan fingerprint density at radius 2 is 1.42 bits per heavy atom. The number of hydrogen-bond acceptors (Lipinski definition) is 5. The van der Waals surface area contributed by atoms with Crippen LogP contribution >= 0.6 is 0 Å². The molecule has 0 N–H and O–H groups in total. The highest BCUT2D eigenvalue weighted by Gasteiger charge is 2.63. The van der Waals surface area contributed by atoms with Crippen LogP contribution in [0.4, 0.5) is 0 Å². The SMILES string of the molecule is C=CCOC[C@H]1[C@@H](c2ncc(CCCO[Si](C)(C)C(C)(C)C)o2)N1C(c1ccccc1)(c1ccccc1)c1ccccc1. The minimum absolute atomic E-state index is 0.0531. The largest absolute Gasteiger partial charge is 0.444 e. The van der Waals surface area contributed by atoms with Crippen LogP contribution in [0.15, 0.2) is 114 Å². The van der Waals surface area contributed by atoms with Crippen LogP contribution in [-0.2, 0) is 21.1 Å². The van der Waals surface area contributed by atoms with Crippen LogP contribution in [0.2, 0.25) is 18.1 Å². The van der Waals surface area contributed by atoms with Crippen molar-refractivity contribution in [1.82, 2.24) is 9.88 Å². The summed E-state index contributed by atoms with van der Waals surface area (Å²) >= 11 is 0. The van der Waals surface area contributed by atoms with Crippen molar-refractivity contribution in [1.29, 1.82) is 0 Å². The van der Waals surface area contributed by atoms with Crippen LogP contribution in [0.1, 0.15) is 61.6 Å². The molecule has 1 aliphatic rings. The van der Waals surface area contributed by atoms with Gasteiger partial charge in [0.1, 0.15) is 11.8 Å². The third-order valence-electron chi connectivity index (χ3n) is 9.08. The molecule has 1 aromatic heterocycles. The lowest BCUT2D eigenvalue weighted by Gasteiger charge is -2.38. The van der Waals surface area contributed by atoms with E-state index >= 15 is 0 Å². The second-order valence-corrected chi connectivity index (χ2v) is 17.7. The van der Waals surface area contributed by atoms with E-state index in [2.05, 4.69) is 136 Å². The van der Waals surface area contributed by atoms with Crippen molar-refractivity contribution in [2.75, 3.05) is 19.8 Å². The van der Waals surface area contributed by atoms with Crippen LogP contribution in [-0.4, -0.2) is 44.1 Å². The molecule has 43 heavy (non-hydrogen) atoms. The van der Waals surface area contributed by atoms with Crippen LogP contribution in [0.25, 0.3) is 0 Å². The van der Waals surface area contributed by atoms with Gasteiger partial charge in [-0.05, 0) is 41.2 Å². The molecule has 5 nitrogen and oxygen atoms in total. The molecule has 0 aliphatic carbocycles. The second kappa shape index (κ2) is 13.1. The minimum Gasteiger partial charge on any atom is -0.444 e. The van der Waals surface area contributed by atoms with E-state index in [1.165, 1.54) is 16.7 Å². The van der Waals surface area contributed by atoms with E-state index in [4.69, 9.17) is 18.6 Å². The van der Waals surface area contributed by atoms with Gasteiger partial charge in [-0.15, -0.1) is 6.58 Å². The third-order valence-corrected chi connectivity index (χ3v) is 13.6. The summed E-state index contributed by atoms with van der Waals surface area (Å²) in [6.07, 6.45) is 5.40. The predicted octanol–water partition coefficient (Wildman–Crippen LogP) is 8.55. The first-order chi connectivity index (χ1) is 20.7. The molecule has 1 aliphatic heterocycles. The molecular formula is C37H46N2O3Si. The molecule has 0 amide bonds. The van der Waals surface area contributed by atoms with Gasteiger partial charge in [-0.2, -0.15) is 0 Å². The molecule has 1 unspecified atom stereocenters. The molecule has 4 aromatic rings. The summed E-state index contributed by atoms with van der Waals surface area (Å²) < 4.78 is 19.0. The molecule has 0 spiro atoms. The molecule has 226 valence electrons.